The molecule has 170 valence electrons. The fourth-order valence-electron chi connectivity index (χ4n) is 3.86. The molecule has 2 aromatic rings. The largest absolute Gasteiger partial charge is 0.465 e. The monoisotopic (exact) mass is 475 g/mol. The van der Waals surface area contributed by atoms with Crippen LogP contribution in [-0.4, -0.2) is 29.0 Å². The number of methoxy groups -OCH3 is 1. The van der Waals surface area contributed by atoms with Crippen LogP contribution in [0.1, 0.15) is 58.3 Å². The number of ether oxygens (including phenoxy) is 1. The van der Waals surface area contributed by atoms with Crippen molar-refractivity contribution in [3.8, 4) is 0 Å². The third-order valence-electron chi connectivity index (χ3n) is 5.68. The van der Waals surface area contributed by atoms with E-state index < -0.39 is 16.8 Å². The zero-order valence-electron chi connectivity index (χ0n) is 18.3. The Morgan fingerprint density at radius 3 is 2.59 bits per heavy atom. The third-order valence-corrected chi connectivity index (χ3v) is 7.05. The average Bonchev–Trinajstić information content (AvgIpc) is 3.09. The fraction of sp³-hybridized carbons (Fsp3) is 0.409. The minimum Gasteiger partial charge on any atom is -0.465 e. The van der Waals surface area contributed by atoms with Crippen LogP contribution in [-0.2, 0) is 17.6 Å². The van der Waals surface area contributed by atoms with E-state index >= 15 is 0 Å². The number of hydrogen-bond acceptors (Lipinski definition) is 7. The summed E-state index contributed by atoms with van der Waals surface area (Å²) in [4.78, 5) is 36.8. The van der Waals surface area contributed by atoms with Crippen molar-refractivity contribution in [2.45, 2.75) is 40.0 Å². The molecule has 0 radical (unpaired) electrons. The summed E-state index contributed by atoms with van der Waals surface area (Å²) >= 11 is 6.69. The number of thiocarbonyl (C=S) groups is 1. The van der Waals surface area contributed by atoms with Crippen molar-refractivity contribution in [1.29, 1.82) is 0 Å². The van der Waals surface area contributed by atoms with Crippen LogP contribution >= 0.6 is 23.6 Å². The number of esters is 1. The standard InChI is InChI=1S/C22H25N3O5S2/c1-22(2,3)12-9-10-14-16(11-12)32-19(17(14)20(27)30-4)24-21(31)23-18(26)13-7-5-6-8-15(13)25(28)29/h5-8,12H,9-11H2,1-4H3,(H2,23,24,26,31). The van der Waals surface area contributed by atoms with Crippen LogP contribution in [0.2, 0.25) is 0 Å². The van der Waals surface area contributed by atoms with E-state index in [1.165, 1.54) is 42.7 Å². The second-order valence-corrected chi connectivity index (χ2v) is 10.2. The molecule has 1 heterocycles. The number of para-hydroxylation sites is 1. The number of nitrogens with zero attached hydrogens (tertiary/aromatic N) is 1. The van der Waals surface area contributed by atoms with Gasteiger partial charge >= 0.3 is 5.97 Å². The first-order chi connectivity index (χ1) is 15.0. The van der Waals surface area contributed by atoms with Gasteiger partial charge in [-0.25, -0.2) is 4.79 Å². The van der Waals surface area contributed by atoms with Gasteiger partial charge in [0.25, 0.3) is 11.6 Å². The Balaban J connectivity index is 1.84. The Labute approximate surface area is 195 Å². The third kappa shape index (κ3) is 4.97. The van der Waals surface area contributed by atoms with E-state index in [-0.39, 0.29) is 21.8 Å². The van der Waals surface area contributed by atoms with Crippen LogP contribution in [0, 0.1) is 21.4 Å². The number of carbonyl (C=O) groups is 2. The predicted octanol–water partition coefficient (Wildman–Crippen LogP) is 4.72. The molecule has 1 aromatic heterocycles. The highest BCUT2D eigenvalue weighted by molar-refractivity contribution is 7.80. The van der Waals surface area contributed by atoms with Gasteiger partial charge < -0.3 is 10.1 Å². The quantitative estimate of drug-likeness (QED) is 0.285. The second-order valence-electron chi connectivity index (χ2n) is 8.69. The topological polar surface area (TPSA) is 111 Å². The lowest BCUT2D eigenvalue weighted by Gasteiger charge is -2.33. The minimum atomic E-state index is -0.705. The molecule has 0 aliphatic heterocycles. The Morgan fingerprint density at radius 2 is 1.97 bits per heavy atom. The van der Waals surface area contributed by atoms with Crippen molar-refractivity contribution in [2.24, 2.45) is 11.3 Å². The fourth-order valence-corrected chi connectivity index (χ4v) is 5.44. The molecule has 8 nitrogen and oxygen atoms in total. The van der Waals surface area contributed by atoms with Gasteiger partial charge in [0.15, 0.2) is 5.11 Å². The van der Waals surface area contributed by atoms with E-state index in [9.17, 15) is 19.7 Å². The van der Waals surface area contributed by atoms with E-state index in [0.29, 0.717) is 16.5 Å². The number of thiophene rings is 1. The summed E-state index contributed by atoms with van der Waals surface area (Å²) in [6, 6.07) is 5.62. The number of amides is 1. The van der Waals surface area contributed by atoms with Crippen LogP contribution in [0.15, 0.2) is 24.3 Å². The van der Waals surface area contributed by atoms with Gasteiger partial charge in [0, 0.05) is 10.9 Å². The SMILES string of the molecule is COC(=O)c1c(NC(=S)NC(=O)c2ccccc2[N+](=O)[O-])sc2c1CCC(C(C)(C)C)C2. The number of nitro benzene ring substituents is 1. The molecule has 1 aliphatic carbocycles. The maximum Gasteiger partial charge on any atom is 0.341 e. The van der Waals surface area contributed by atoms with Crippen molar-refractivity contribution in [2.75, 3.05) is 12.4 Å². The Hall–Kier alpha value is -2.85. The number of hydrogen-bond donors (Lipinski definition) is 2. The van der Waals surface area contributed by atoms with Crippen molar-refractivity contribution >= 4 is 51.2 Å². The molecule has 0 bridgehead atoms. The maximum absolute atomic E-state index is 12.6. The lowest BCUT2D eigenvalue weighted by Crippen LogP contribution is -2.34. The first kappa shape index (κ1) is 23.8. The van der Waals surface area contributed by atoms with Crippen LogP contribution in [0.4, 0.5) is 10.7 Å². The molecule has 0 saturated carbocycles. The van der Waals surface area contributed by atoms with E-state index in [4.69, 9.17) is 17.0 Å². The molecular formula is C22H25N3O5S2. The van der Waals surface area contributed by atoms with E-state index in [1.807, 2.05) is 0 Å². The van der Waals surface area contributed by atoms with Crippen LogP contribution < -0.4 is 10.6 Å². The molecular weight excluding hydrogens is 450 g/mol. The van der Waals surface area contributed by atoms with Crippen molar-refractivity contribution in [1.82, 2.24) is 5.32 Å². The molecule has 10 heteroatoms. The molecule has 1 unspecified atom stereocenters. The summed E-state index contributed by atoms with van der Waals surface area (Å²) in [5, 5.41) is 17.0. The van der Waals surface area contributed by atoms with Gasteiger partial charge in [-0.15, -0.1) is 11.3 Å². The summed E-state index contributed by atoms with van der Waals surface area (Å²) in [6.45, 7) is 6.64. The molecule has 0 saturated heterocycles. The van der Waals surface area contributed by atoms with Crippen molar-refractivity contribution in [3.05, 3.63) is 55.9 Å². The van der Waals surface area contributed by atoms with Gasteiger partial charge in [-0.1, -0.05) is 32.9 Å². The number of fused-ring (bicyclic) bond motifs is 1. The molecule has 1 aliphatic rings. The zero-order chi connectivity index (χ0) is 23.6. The van der Waals surface area contributed by atoms with Gasteiger partial charge in [0.1, 0.15) is 10.6 Å². The normalized spacial score (nSPS) is 15.4. The first-order valence-electron chi connectivity index (χ1n) is 10.1. The van der Waals surface area contributed by atoms with Crippen LogP contribution in [0.25, 0.3) is 0 Å². The average molecular weight is 476 g/mol. The highest BCUT2D eigenvalue weighted by Gasteiger charge is 2.34. The van der Waals surface area contributed by atoms with Gasteiger partial charge in [-0.05, 0) is 54.4 Å². The molecule has 1 aromatic carbocycles. The van der Waals surface area contributed by atoms with E-state index in [0.717, 1.165) is 29.7 Å². The van der Waals surface area contributed by atoms with Gasteiger partial charge in [-0.3, -0.25) is 20.2 Å². The molecule has 0 fully saturated rings. The number of carbonyl (C=O) groups excluding carboxylic acids is 2. The van der Waals surface area contributed by atoms with Gasteiger partial charge in [0.05, 0.1) is 17.6 Å². The first-order valence-corrected chi connectivity index (χ1v) is 11.3. The zero-order valence-corrected chi connectivity index (χ0v) is 19.9. The predicted molar refractivity (Wildman–Crippen MR) is 127 cm³/mol. The number of nitrogens with one attached hydrogen (secondary N) is 2. The number of rotatable bonds is 4. The molecule has 1 amide bonds. The van der Waals surface area contributed by atoms with Crippen LogP contribution in [0.3, 0.4) is 0 Å². The lowest BCUT2D eigenvalue weighted by molar-refractivity contribution is -0.385. The van der Waals surface area contributed by atoms with Crippen molar-refractivity contribution < 1.29 is 19.2 Å². The second kappa shape index (κ2) is 9.33. The molecule has 0 spiro atoms. The molecule has 2 N–H and O–H groups in total. The lowest BCUT2D eigenvalue weighted by atomic mass is 9.72. The maximum atomic E-state index is 12.6. The highest BCUT2D eigenvalue weighted by Crippen LogP contribution is 2.44. The van der Waals surface area contributed by atoms with E-state index in [2.05, 4.69) is 31.4 Å². The smallest absolute Gasteiger partial charge is 0.341 e. The number of benzene rings is 1. The summed E-state index contributed by atoms with van der Waals surface area (Å²) in [7, 11) is 1.32. The minimum absolute atomic E-state index is 0.0516. The molecule has 3 rings (SSSR count). The molecule has 32 heavy (non-hydrogen) atoms. The Morgan fingerprint density at radius 1 is 1.28 bits per heavy atom. The summed E-state index contributed by atoms with van der Waals surface area (Å²) < 4.78 is 4.99. The van der Waals surface area contributed by atoms with Gasteiger partial charge in [-0.2, -0.15) is 0 Å². The number of nitro groups is 1. The Kier molecular flexibility index (Phi) is 6.94. The molecule has 1 atom stereocenters. The Bertz CT molecular complexity index is 1090. The van der Waals surface area contributed by atoms with Gasteiger partial charge in [0.2, 0.25) is 0 Å². The summed E-state index contributed by atoms with van der Waals surface area (Å²) in [5.74, 6) is -0.687. The summed E-state index contributed by atoms with van der Waals surface area (Å²) in [6.07, 6.45) is 2.58. The van der Waals surface area contributed by atoms with Crippen molar-refractivity contribution in [3.63, 3.8) is 0 Å². The summed E-state index contributed by atoms with van der Waals surface area (Å²) in [5.41, 5.74) is 1.12. The van der Waals surface area contributed by atoms with E-state index in [1.54, 1.807) is 0 Å². The number of anilines is 1. The van der Waals surface area contributed by atoms with Crippen LogP contribution in [0.5, 0.6) is 0 Å². The highest BCUT2D eigenvalue weighted by atomic mass is 32.1.